The fourth-order valence-corrected chi connectivity index (χ4v) is 10.3. The molecule has 7 heterocycles. The maximum absolute atomic E-state index is 16.1. The lowest BCUT2D eigenvalue weighted by atomic mass is 9.89. The Balaban J connectivity index is 0.731. The van der Waals surface area contributed by atoms with E-state index in [0.717, 1.165) is 47.7 Å². The fourth-order valence-electron chi connectivity index (χ4n) is 9.77. The zero-order chi connectivity index (χ0) is 44.8. The molecule has 5 aliphatic rings. The summed E-state index contributed by atoms with van der Waals surface area (Å²) in [5.41, 5.74) is 4.13. The standard InChI is InChI=1S/C47H48F2N10O5S/c48-36-25-30(24-34-35(36)27-59(45(34)64)42(44(63)54-46-50-15-23-65-46)41-38-2-1-16-58(38)28-51-41)29-3-7-32(8-4-29)56-19-21-57(22-20-56)40(61)26-47(49)13-17-55(18-14-47)33-9-5-31(6-10-33)52-37-11-12-39(60)53-43(37)62/h3-10,15,23-25,28,37,42,52H,1-2,11-14,16-22,26-27H2,(H,50,54,63)(H,53,60,62). The van der Waals surface area contributed by atoms with E-state index in [9.17, 15) is 24.0 Å². The van der Waals surface area contributed by atoms with Gasteiger partial charge in [-0.25, -0.2) is 18.7 Å². The maximum atomic E-state index is 16.1. The quantitative estimate of drug-likeness (QED) is 0.140. The molecule has 3 aromatic carbocycles. The minimum Gasteiger partial charge on any atom is -0.374 e. The van der Waals surface area contributed by atoms with Gasteiger partial charge < -0.3 is 29.5 Å². The number of benzene rings is 3. The Kier molecular flexibility index (Phi) is 11.3. The third kappa shape index (κ3) is 8.54. The average molecular weight is 903 g/mol. The number of rotatable bonds is 11. The maximum Gasteiger partial charge on any atom is 0.255 e. The summed E-state index contributed by atoms with van der Waals surface area (Å²) in [4.78, 5) is 81.2. The molecule has 0 aliphatic carbocycles. The van der Waals surface area contributed by atoms with Gasteiger partial charge in [0.2, 0.25) is 17.7 Å². The number of anilines is 4. The first-order chi connectivity index (χ1) is 31.5. The van der Waals surface area contributed by atoms with E-state index in [2.05, 4.69) is 35.7 Å². The van der Waals surface area contributed by atoms with Crippen molar-refractivity contribution in [3.8, 4) is 11.1 Å². The molecule has 3 saturated heterocycles. The summed E-state index contributed by atoms with van der Waals surface area (Å²) in [5.74, 6) is -2.21. The van der Waals surface area contributed by atoms with Crippen LogP contribution in [0.1, 0.15) is 71.9 Å². The molecule has 10 rings (SSSR count). The number of piperazine rings is 1. The first kappa shape index (κ1) is 42.3. The largest absolute Gasteiger partial charge is 0.374 e. The SMILES string of the molecule is O=C1CCC(Nc2ccc(N3CCC(F)(CC(=O)N4CCN(c5ccc(-c6cc(F)c7c(c6)C(=O)N(C(C(=O)Nc6nccs6)c6ncn8c6CCC8)C7)cc5)CC4)CC3)cc2)C(=O)N1. The van der Waals surface area contributed by atoms with Crippen LogP contribution in [0.4, 0.5) is 31.0 Å². The number of imidazole rings is 1. The first-order valence-corrected chi connectivity index (χ1v) is 23.0. The van der Waals surface area contributed by atoms with Gasteiger partial charge in [0, 0.05) is 97.7 Å². The summed E-state index contributed by atoms with van der Waals surface area (Å²) in [7, 11) is 0. The molecule has 5 aliphatic heterocycles. The van der Waals surface area contributed by atoms with Crippen molar-refractivity contribution in [2.24, 2.45) is 0 Å². The monoisotopic (exact) mass is 902 g/mol. The van der Waals surface area contributed by atoms with Gasteiger partial charge in [0.05, 0.1) is 25.0 Å². The smallest absolute Gasteiger partial charge is 0.255 e. The Morgan fingerprint density at radius 2 is 1.60 bits per heavy atom. The van der Waals surface area contributed by atoms with Crippen molar-refractivity contribution in [3.63, 3.8) is 0 Å². The van der Waals surface area contributed by atoms with Crippen molar-refractivity contribution in [1.29, 1.82) is 0 Å². The predicted octanol–water partition coefficient (Wildman–Crippen LogP) is 5.69. The zero-order valence-electron chi connectivity index (χ0n) is 35.6. The van der Waals surface area contributed by atoms with Crippen molar-refractivity contribution in [2.75, 3.05) is 59.7 Å². The number of carbonyl (C=O) groups excluding carboxylic acids is 5. The zero-order valence-corrected chi connectivity index (χ0v) is 36.4. The van der Waals surface area contributed by atoms with Gasteiger partial charge in [0.15, 0.2) is 11.2 Å². The molecule has 3 N–H and O–H groups in total. The number of piperidine rings is 2. The molecular formula is C47H48F2N10O5S. The Bertz CT molecular complexity index is 2640. The highest BCUT2D eigenvalue weighted by Gasteiger charge is 2.43. The highest BCUT2D eigenvalue weighted by atomic mass is 32.1. The second kappa shape index (κ2) is 17.4. The van der Waals surface area contributed by atoms with Gasteiger partial charge >= 0.3 is 0 Å². The first-order valence-electron chi connectivity index (χ1n) is 22.1. The molecule has 18 heteroatoms. The average Bonchev–Trinajstić information content (AvgIpc) is 4.14. The van der Waals surface area contributed by atoms with E-state index >= 15 is 8.78 Å². The minimum absolute atomic E-state index is 0.0771. The Hall–Kier alpha value is -6.69. The number of imide groups is 1. The van der Waals surface area contributed by atoms with E-state index in [1.165, 1.54) is 22.3 Å². The van der Waals surface area contributed by atoms with E-state index < -0.39 is 35.4 Å². The Labute approximate surface area is 377 Å². The van der Waals surface area contributed by atoms with Crippen LogP contribution in [0.25, 0.3) is 11.1 Å². The van der Waals surface area contributed by atoms with Gasteiger partial charge in [0.1, 0.15) is 17.5 Å². The van der Waals surface area contributed by atoms with Crippen LogP contribution in [-0.2, 0) is 38.7 Å². The number of carbonyl (C=O) groups is 5. The number of thiazole rings is 1. The summed E-state index contributed by atoms with van der Waals surface area (Å²) in [6.45, 7) is 3.71. The highest BCUT2D eigenvalue weighted by molar-refractivity contribution is 7.13. The highest BCUT2D eigenvalue weighted by Crippen LogP contribution is 2.39. The Morgan fingerprint density at radius 3 is 2.31 bits per heavy atom. The molecule has 0 saturated carbocycles. The number of amides is 5. The molecule has 0 bridgehead atoms. The molecule has 0 radical (unpaired) electrons. The van der Waals surface area contributed by atoms with E-state index in [0.29, 0.717) is 68.5 Å². The van der Waals surface area contributed by atoms with Gasteiger partial charge in [-0.2, -0.15) is 0 Å². The number of nitrogens with zero attached hydrogens (tertiary/aromatic N) is 7. The summed E-state index contributed by atoms with van der Waals surface area (Å²) in [5, 5.41) is 10.5. The minimum atomic E-state index is -1.59. The van der Waals surface area contributed by atoms with Crippen LogP contribution in [0, 0.1) is 5.82 Å². The van der Waals surface area contributed by atoms with Gasteiger partial charge in [-0.05, 0) is 91.8 Å². The molecule has 3 fully saturated rings. The third-order valence-corrected chi connectivity index (χ3v) is 14.1. The number of hydrogen-bond donors (Lipinski definition) is 3. The van der Waals surface area contributed by atoms with E-state index in [4.69, 9.17) is 0 Å². The fraction of sp³-hybridized carbons (Fsp3) is 0.383. The van der Waals surface area contributed by atoms with Gasteiger partial charge in [-0.1, -0.05) is 12.1 Å². The number of hydrogen-bond acceptors (Lipinski definition) is 11. The van der Waals surface area contributed by atoms with Crippen molar-refractivity contribution < 1.29 is 32.8 Å². The van der Waals surface area contributed by atoms with Crippen LogP contribution >= 0.6 is 11.3 Å². The van der Waals surface area contributed by atoms with Crippen LogP contribution in [0.15, 0.2) is 78.6 Å². The van der Waals surface area contributed by atoms with E-state index in [1.807, 2.05) is 53.1 Å². The topological polar surface area (TPSA) is 165 Å². The molecule has 0 spiro atoms. The summed E-state index contributed by atoms with van der Waals surface area (Å²) >= 11 is 1.27. The second-order valence-electron chi connectivity index (χ2n) is 17.4. The predicted molar refractivity (Wildman–Crippen MR) is 241 cm³/mol. The van der Waals surface area contributed by atoms with Gasteiger partial charge in [-0.3, -0.25) is 34.6 Å². The molecule has 65 heavy (non-hydrogen) atoms. The normalized spacial score (nSPS) is 19.8. The van der Waals surface area contributed by atoms with Crippen molar-refractivity contribution in [3.05, 3.63) is 107 Å². The third-order valence-electron chi connectivity index (χ3n) is 13.4. The van der Waals surface area contributed by atoms with Crippen LogP contribution in [0.5, 0.6) is 0 Å². The lowest BCUT2D eigenvalue weighted by Gasteiger charge is -2.40. The van der Waals surface area contributed by atoms with Gasteiger partial charge in [-0.15, -0.1) is 11.3 Å². The Morgan fingerprint density at radius 1 is 0.877 bits per heavy atom. The molecule has 5 amide bonds. The number of aromatic nitrogens is 3. The van der Waals surface area contributed by atoms with Gasteiger partial charge in [0.25, 0.3) is 11.8 Å². The second-order valence-corrected chi connectivity index (χ2v) is 18.3. The van der Waals surface area contributed by atoms with Crippen LogP contribution in [0.2, 0.25) is 0 Å². The van der Waals surface area contributed by atoms with Crippen LogP contribution < -0.4 is 25.8 Å². The van der Waals surface area contributed by atoms with Crippen LogP contribution in [0.3, 0.4) is 0 Å². The lowest BCUT2D eigenvalue weighted by Crippen LogP contribution is -2.51. The molecular weight excluding hydrogens is 855 g/mol. The summed E-state index contributed by atoms with van der Waals surface area (Å²) in [6.07, 6.45) is 5.95. The molecule has 2 unspecified atom stereocenters. The number of aryl methyl sites for hydroxylation is 1. The molecule has 15 nitrogen and oxygen atoms in total. The van der Waals surface area contributed by atoms with E-state index in [-0.39, 0.29) is 54.7 Å². The van der Waals surface area contributed by atoms with E-state index in [1.54, 1.807) is 28.9 Å². The van der Waals surface area contributed by atoms with Crippen molar-refractivity contribution in [1.82, 2.24) is 29.7 Å². The molecule has 2 aromatic heterocycles. The molecule has 5 aromatic rings. The van der Waals surface area contributed by atoms with Crippen LogP contribution in [-0.4, -0.2) is 105 Å². The van der Waals surface area contributed by atoms with Crippen molar-refractivity contribution in [2.45, 2.75) is 75.8 Å². The molecule has 2 atom stereocenters. The number of alkyl halides is 1. The molecule has 336 valence electrons. The number of nitrogens with one attached hydrogen (secondary N) is 3. The lowest BCUT2D eigenvalue weighted by molar-refractivity contribution is -0.135. The number of fused-ring (bicyclic) bond motifs is 2. The summed E-state index contributed by atoms with van der Waals surface area (Å²) < 4.78 is 34.1. The summed E-state index contributed by atoms with van der Waals surface area (Å²) in [6, 6.07) is 16.8. The van der Waals surface area contributed by atoms with Crippen molar-refractivity contribution >= 4 is 63.1 Å². The number of halogens is 2.